The molecule has 0 bridgehead atoms. The fraction of sp³-hybridized carbons (Fsp3) is 0.273. The van der Waals surface area contributed by atoms with Crippen LogP contribution in [0, 0.1) is 0 Å². The van der Waals surface area contributed by atoms with Crippen molar-refractivity contribution in [2.75, 3.05) is 6.61 Å². The third-order valence-corrected chi connectivity index (χ3v) is 4.26. The summed E-state index contributed by atoms with van der Waals surface area (Å²) in [7, 11) is 0. The standard InChI is InChI=1S/C11H13AsNO3/c1-2-16-10(14)7-12-9-6-4-3-5-8(9)11(13)15/h3-6H,2,7H2,1H3,(H2,13,15). The van der Waals surface area contributed by atoms with E-state index in [4.69, 9.17) is 10.5 Å². The molecule has 5 heteroatoms. The zero-order chi connectivity index (χ0) is 12.0. The molecule has 1 aromatic rings. The molecule has 0 heterocycles. The van der Waals surface area contributed by atoms with Crippen LogP contribution in [0.4, 0.5) is 0 Å². The molecule has 0 aromatic heterocycles. The first kappa shape index (κ1) is 12.8. The van der Waals surface area contributed by atoms with Crippen LogP contribution in [0.5, 0.6) is 0 Å². The van der Waals surface area contributed by atoms with Crippen molar-refractivity contribution in [3.63, 3.8) is 0 Å². The Hall–Kier alpha value is -1.28. The van der Waals surface area contributed by atoms with Crippen LogP contribution in [0.3, 0.4) is 0 Å². The summed E-state index contributed by atoms with van der Waals surface area (Å²) in [6, 6.07) is 7.11. The van der Waals surface area contributed by atoms with Crippen LogP contribution in [0.25, 0.3) is 0 Å². The minimum absolute atomic E-state index is 0.221. The Balaban J connectivity index is 2.66. The summed E-state index contributed by atoms with van der Waals surface area (Å²) in [5.74, 6) is -0.670. The van der Waals surface area contributed by atoms with Gasteiger partial charge in [0.15, 0.2) is 0 Å². The molecule has 2 N–H and O–H groups in total. The van der Waals surface area contributed by atoms with Gasteiger partial charge in [0.25, 0.3) is 0 Å². The monoisotopic (exact) mass is 282 g/mol. The molecule has 4 nitrogen and oxygen atoms in total. The average molecular weight is 282 g/mol. The van der Waals surface area contributed by atoms with Crippen LogP contribution in [0.1, 0.15) is 17.3 Å². The van der Waals surface area contributed by atoms with E-state index < -0.39 is 21.7 Å². The van der Waals surface area contributed by atoms with Crippen LogP contribution in [-0.4, -0.2) is 34.2 Å². The molecule has 85 valence electrons. The molecular weight excluding hydrogens is 269 g/mol. The van der Waals surface area contributed by atoms with E-state index in [-0.39, 0.29) is 5.97 Å². The fourth-order valence-corrected chi connectivity index (χ4v) is 3.14. The first-order valence-electron chi connectivity index (χ1n) is 4.87. The molecule has 0 unspecified atom stereocenters. The molecule has 1 radical (unpaired) electrons. The van der Waals surface area contributed by atoms with E-state index in [1.54, 1.807) is 19.1 Å². The number of benzene rings is 1. The van der Waals surface area contributed by atoms with Crippen molar-refractivity contribution in [1.29, 1.82) is 0 Å². The predicted octanol–water partition coefficient (Wildman–Crippen LogP) is 0.0964. The number of rotatable bonds is 5. The Morgan fingerprint density at radius 2 is 2.06 bits per heavy atom. The topological polar surface area (TPSA) is 69.4 Å². The molecule has 16 heavy (non-hydrogen) atoms. The van der Waals surface area contributed by atoms with Gasteiger partial charge in [-0.1, -0.05) is 0 Å². The van der Waals surface area contributed by atoms with Crippen LogP contribution in [0.15, 0.2) is 24.3 Å². The zero-order valence-electron chi connectivity index (χ0n) is 8.97. The first-order chi connectivity index (χ1) is 7.65. The summed E-state index contributed by atoms with van der Waals surface area (Å²) < 4.78 is 5.71. The number of nitrogens with two attached hydrogens (primary N) is 1. The van der Waals surface area contributed by atoms with Gasteiger partial charge in [-0.05, 0) is 0 Å². The Kier molecular flexibility index (Phi) is 5.06. The van der Waals surface area contributed by atoms with Crippen molar-refractivity contribution in [2.24, 2.45) is 5.73 Å². The third kappa shape index (κ3) is 3.70. The number of carbonyl (C=O) groups is 2. The Bertz CT molecular complexity index is 393. The Morgan fingerprint density at radius 1 is 1.38 bits per heavy atom. The first-order valence-corrected chi connectivity index (χ1v) is 7.13. The molecule has 0 aliphatic rings. The molecule has 0 saturated heterocycles. The van der Waals surface area contributed by atoms with Crippen LogP contribution in [0.2, 0.25) is 5.21 Å². The normalized spacial score (nSPS) is 10.6. The van der Waals surface area contributed by atoms with Gasteiger partial charge in [-0.2, -0.15) is 0 Å². The summed E-state index contributed by atoms with van der Waals surface area (Å²) in [5.41, 5.74) is 5.75. The van der Waals surface area contributed by atoms with E-state index in [9.17, 15) is 9.59 Å². The predicted molar refractivity (Wildman–Crippen MR) is 61.8 cm³/mol. The minimum atomic E-state index is -0.449. The van der Waals surface area contributed by atoms with Crippen LogP contribution >= 0.6 is 0 Å². The summed E-state index contributed by atoms with van der Waals surface area (Å²) in [4.78, 5) is 22.3. The molecule has 0 atom stereocenters. The van der Waals surface area contributed by atoms with Crippen molar-refractivity contribution in [3.05, 3.63) is 29.8 Å². The zero-order valence-corrected chi connectivity index (χ0v) is 10.8. The van der Waals surface area contributed by atoms with Crippen LogP contribution < -0.4 is 10.1 Å². The van der Waals surface area contributed by atoms with E-state index in [0.29, 0.717) is 17.4 Å². The number of ether oxygens (including phenoxy) is 1. The number of carbonyl (C=O) groups excluding carboxylic acids is 2. The number of primary amides is 1. The van der Waals surface area contributed by atoms with E-state index in [1.807, 2.05) is 12.1 Å². The van der Waals surface area contributed by atoms with Gasteiger partial charge in [-0.15, -0.1) is 0 Å². The van der Waals surface area contributed by atoms with Crippen molar-refractivity contribution >= 4 is 32.0 Å². The van der Waals surface area contributed by atoms with Crippen molar-refractivity contribution in [1.82, 2.24) is 0 Å². The Morgan fingerprint density at radius 3 is 2.69 bits per heavy atom. The third-order valence-electron chi connectivity index (χ3n) is 1.85. The van der Waals surface area contributed by atoms with E-state index in [0.717, 1.165) is 4.35 Å². The van der Waals surface area contributed by atoms with Crippen molar-refractivity contribution < 1.29 is 14.3 Å². The molecule has 1 aromatic carbocycles. The van der Waals surface area contributed by atoms with E-state index >= 15 is 0 Å². The molecule has 1 rings (SSSR count). The fourth-order valence-electron chi connectivity index (χ4n) is 1.18. The summed E-state index contributed by atoms with van der Waals surface area (Å²) in [5, 5.41) is 0.356. The second-order valence-corrected chi connectivity index (χ2v) is 5.34. The molecule has 1 amide bonds. The second-order valence-electron chi connectivity index (χ2n) is 3.00. The van der Waals surface area contributed by atoms with Gasteiger partial charge in [0.05, 0.1) is 0 Å². The summed E-state index contributed by atoms with van der Waals surface area (Å²) in [6.07, 6.45) is 0. The van der Waals surface area contributed by atoms with Crippen LogP contribution in [-0.2, 0) is 9.53 Å². The second kappa shape index (κ2) is 6.33. The van der Waals surface area contributed by atoms with Gasteiger partial charge >= 0.3 is 101 Å². The van der Waals surface area contributed by atoms with Gasteiger partial charge in [-0.3, -0.25) is 0 Å². The Labute approximate surface area is 101 Å². The van der Waals surface area contributed by atoms with Gasteiger partial charge in [0, 0.05) is 0 Å². The molecule has 0 spiro atoms. The molecule has 0 saturated carbocycles. The van der Waals surface area contributed by atoms with Gasteiger partial charge in [0.1, 0.15) is 0 Å². The SMILES string of the molecule is CCOC(=O)C[As]c1ccccc1C(N)=O. The number of hydrogen-bond donors (Lipinski definition) is 1. The summed E-state index contributed by atoms with van der Waals surface area (Å²) in [6.45, 7) is 2.16. The van der Waals surface area contributed by atoms with E-state index in [2.05, 4.69) is 0 Å². The average Bonchev–Trinajstić information content (AvgIpc) is 2.27. The van der Waals surface area contributed by atoms with Gasteiger partial charge in [0.2, 0.25) is 0 Å². The molecule has 0 fully saturated rings. The number of amides is 1. The molecule has 0 aliphatic heterocycles. The van der Waals surface area contributed by atoms with E-state index in [1.165, 1.54) is 0 Å². The number of hydrogen-bond acceptors (Lipinski definition) is 3. The van der Waals surface area contributed by atoms with Crippen molar-refractivity contribution in [2.45, 2.75) is 12.1 Å². The number of esters is 1. The maximum atomic E-state index is 11.2. The quantitative estimate of drug-likeness (QED) is 0.615. The van der Waals surface area contributed by atoms with Gasteiger partial charge in [-0.25, -0.2) is 0 Å². The molecule has 0 aliphatic carbocycles. The molecular formula is C11H13AsNO3. The van der Waals surface area contributed by atoms with Crippen molar-refractivity contribution in [3.8, 4) is 0 Å². The summed E-state index contributed by atoms with van der Waals surface area (Å²) >= 11 is -0.405. The maximum absolute atomic E-state index is 11.2. The van der Waals surface area contributed by atoms with Gasteiger partial charge < -0.3 is 0 Å².